The highest BCUT2D eigenvalue weighted by Gasteiger charge is 2.16. The number of nitrogens with zero attached hydrogens (tertiary/aromatic N) is 1. The third-order valence-electron chi connectivity index (χ3n) is 3.34. The molecule has 2 aromatic rings. The minimum Gasteiger partial charge on any atom is -0.376 e. The Labute approximate surface area is 117 Å². The van der Waals surface area contributed by atoms with E-state index in [0.29, 0.717) is 6.10 Å². The summed E-state index contributed by atoms with van der Waals surface area (Å²) in [6.07, 6.45) is 2.69. The first kappa shape index (κ1) is 12.6. The van der Waals surface area contributed by atoms with Crippen molar-refractivity contribution in [1.82, 2.24) is 4.98 Å². The van der Waals surface area contributed by atoms with Crippen molar-refractivity contribution in [3.63, 3.8) is 0 Å². The van der Waals surface area contributed by atoms with Gasteiger partial charge in [-0.25, -0.2) is 4.98 Å². The standard InChI is InChI=1S/C15H18N2OS/c1-11-14(12-6-3-2-4-7-12)19-15(17-11)16-10-13-8-5-9-18-13/h2-4,6-7,13H,5,8-10H2,1H3,(H,16,17). The van der Waals surface area contributed by atoms with E-state index in [1.54, 1.807) is 11.3 Å². The van der Waals surface area contributed by atoms with Crippen molar-refractivity contribution < 1.29 is 4.74 Å². The van der Waals surface area contributed by atoms with Crippen molar-refractivity contribution in [2.45, 2.75) is 25.9 Å². The van der Waals surface area contributed by atoms with Crippen molar-refractivity contribution in [2.75, 3.05) is 18.5 Å². The topological polar surface area (TPSA) is 34.2 Å². The third kappa shape index (κ3) is 2.96. The second-order valence-corrected chi connectivity index (χ2v) is 5.81. The van der Waals surface area contributed by atoms with Gasteiger partial charge in [-0.05, 0) is 25.3 Å². The predicted molar refractivity (Wildman–Crippen MR) is 79.8 cm³/mol. The Morgan fingerprint density at radius 2 is 2.21 bits per heavy atom. The highest BCUT2D eigenvalue weighted by atomic mass is 32.1. The first-order valence-electron chi connectivity index (χ1n) is 6.71. The Bertz CT molecular complexity index is 532. The Hall–Kier alpha value is -1.39. The van der Waals surface area contributed by atoms with Gasteiger partial charge in [-0.3, -0.25) is 0 Å². The van der Waals surface area contributed by atoms with Gasteiger partial charge in [0.1, 0.15) is 0 Å². The molecule has 1 aromatic heterocycles. The Morgan fingerprint density at radius 1 is 1.37 bits per heavy atom. The van der Waals surface area contributed by atoms with Gasteiger partial charge in [-0.2, -0.15) is 0 Å². The van der Waals surface area contributed by atoms with Crippen LogP contribution in [0.5, 0.6) is 0 Å². The lowest BCUT2D eigenvalue weighted by Gasteiger charge is -2.08. The number of hydrogen-bond donors (Lipinski definition) is 1. The fourth-order valence-corrected chi connectivity index (χ4v) is 3.31. The number of anilines is 1. The molecule has 1 saturated heterocycles. The summed E-state index contributed by atoms with van der Waals surface area (Å²) in [7, 11) is 0. The number of rotatable bonds is 4. The lowest BCUT2D eigenvalue weighted by atomic mass is 10.2. The maximum atomic E-state index is 5.61. The van der Waals surface area contributed by atoms with Gasteiger partial charge in [0.25, 0.3) is 0 Å². The number of thiazole rings is 1. The number of hydrogen-bond acceptors (Lipinski definition) is 4. The number of benzene rings is 1. The monoisotopic (exact) mass is 274 g/mol. The van der Waals surface area contributed by atoms with Crippen LogP contribution in [-0.2, 0) is 4.74 Å². The fraction of sp³-hybridized carbons (Fsp3) is 0.400. The van der Waals surface area contributed by atoms with Crippen LogP contribution < -0.4 is 5.32 Å². The zero-order valence-corrected chi connectivity index (χ0v) is 11.9. The third-order valence-corrected chi connectivity index (χ3v) is 4.50. The van der Waals surface area contributed by atoms with Gasteiger partial charge < -0.3 is 10.1 Å². The molecule has 0 bridgehead atoms. The highest BCUT2D eigenvalue weighted by Crippen LogP contribution is 2.32. The van der Waals surface area contributed by atoms with Crippen LogP contribution in [0.3, 0.4) is 0 Å². The van der Waals surface area contributed by atoms with Gasteiger partial charge in [-0.15, -0.1) is 0 Å². The summed E-state index contributed by atoms with van der Waals surface area (Å²) in [5.74, 6) is 0. The number of aromatic nitrogens is 1. The van der Waals surface area contributed by atoms with Gasteiger partial charge in [0, 0.05) is 13.2 Å². The van der Waals surface area contributed by atoms with E-state index in [1.807, 2.05) is 6.07 Å². The minimum absolute atomic E-state index is 0.351. The molecule has 1 aliphatic rings. The van der Waals surface area contributed by atoms with Crippen LogP contribution in [0, 0.1) is 6.92 Å². The van der Waals surface area contributed by atoms with Crippen LogP contribution in [0.25, 0.3) is 10.4 Å². The second kappa shape index (κ2) is 5.72. The molecule has 3 nitrogen and oxygen atoms in total. The van der Waals surface area contributed by atoms with Crippen molar-refractivity contribution in [2.24, 2.45) is 0 Å². The summed E-state index contributed by atoms with van der Waals surface area (Å²) in [6.45, 7) is 3.83. The zero-order chi connectivity index (χ0) is 13.1. The van der Waals surface area contributed by atoms with Crippen LogP contribution in [0.1, 0.15) is 18.5 Å². The van der Waals surface area contributed by atoms with Crippen LogP contribution in [0.15, 0.2) is 30.3 Å². The highest BCUT2D eigenvalue weighted by molar-refractivity contribution is 7.19. The summed E-state index contributed by atoms with van der Waals surface area (Å²) < 4.78 is 5.61. The molecule has 19 heavy (non-hydrogen) atoms. The Balaban J connectivity index is 1.70. The van der Waals surface area contributed by atoms with Crippen LogP contribution in [-0.4, -0.2) is 24.2 Å². The Kier molecular flexibility index (Phi) is 3.80. The quantitative estimate of drug-likeness (QED) is 0.923. The Morgan fingerprint density at radius 3 is 2.95 bits per heavy atom. The van der Waals surface area contributed by atoms with Gasteiger partial charge >= 0.3 is 0 Å². The van der Waals surface area contributed by atoms with E-state index < -0.39 is 0 Å². The molecule has 0 spiro atoms. The molecule has 1 N–H and O–H groups in total. The molecule has 1 aromatic carbocycles. The molecule has 4 heteroatoms. The molecular weight excluding hydrogens is 256 g/mol. The van der Waals surface area contributed by atoms with Gasteiger partial charge in [-0.1, -0.05) is 41.7 Å². The molecule has 1 unspecified atom stereocenters. The molecule has 2 heterocycles. The summed E-state index contributed by atoms with van der Waals surface area (Å²) >= 11 is 1.72. The molecular formula is C15H18N2OS. The normalized spacial score (nSPS) is 18.7. The molecule has 1 fully saturated rings. The van der Waals surface area contributed by atoms with E-state index in [-0.39, 0.29) is 0 Å². The molecule has 0 aliphatic carbocycles. The van der Waals surface area contributed by atoms with Gasteiger partial charge in [0.05, 0.1) is 16.7 Å². The molecule has 1 aliphatic heterocycles. The number of ether oxygens (including phenoxy) is 1. The summed E-state index contributed by atoms with van der Waals surface area (Å²) in [5, 5.41) is 4.39. The van der Waals surface area contributed by atoms with E-state index in [2.05, 4.69) is 41.5 Å². The molecule has 100 valence electrons. The van der Waals surface area contributed by atoms with Gasteiger partial charge in [0.15, 0.2) is 5.13 Å². The second-order valence-electron chi connectivity index (χ2n) is 4.82. The van der Waals surface area contributed by atoms with E-state index >= 15 is 0 Å². The minimum atomic E-state index is 0.351. The smallest absolute Gasteiger partial charge is 0.183 e. The van der Waals surface area contributed by atoms with Crippen molar-refractivity contribution in [3.8, 4) is 10.4 Å². The summed E-state index contributed by atoms with van der Waals surface area (Å²) in [4.78, 5) is 5.85. The summed E-state index contributed by atoms with van der Waals surface area (Å²) in [5.41, 5.74) is 2.33. The predicted octanol–water partition coefficient (Wildman–Crippen LogP) is 3.71. The lowest BCUT2D eigenvalue weighted by Crippen LogP contribution is -2.18. The summed E-state index contributed by atoms with van der Waals surface area (Å²) in [6, 6.07) is 10.4. The maximum absolute atomic E-state index is 5.61. The van der Waals surface area contributed by atoms with Crippen molar-refractivity contribution in [1.29, 1.82) is 0 Å². The molecule has 0 saturated carbocycles. The average molecular weight is 274 g/mol. The average Bonchev–Trinajstić information content (AvgIpc) is 3.07. The molecule has 3 rings (SSSR count). The number of nitrogens with one attached hydrogen (secondary N) is 1. The van der Waals surface area contributed by atoms with Crippen LogP contribution in [0.2, 0.25) is 0 Å². The zero-order valence-electron chi connectivity index (χ0n) is 11.1. The number of aryl methyl sites for hydroxylation is 1. The fourth-order valence-electron chi connectivity index (χ4n) is 2.34. The van der Waals surface area contributed by atoms with E-state index in [1.165, 1.54) is 16.9 Å². The van der Waals surface area contributed by atoms with Crippen LogP contribution in [0.4, 0.5) is 5.13 Å². The van der Waals surface area contributed by atoms with Gasteiger partial charge in [0.2, 0.25) is 0 Å². The molecule has 0 amide bonds. The van der Waals surface area contributed by atoms with Crippen molar-refractivity contribution in [3.05, 3.63) is 36.0 Å². The SMILES string of the molecule is Cc1nc(NCC2CCCO2)sc1-c1ccccc1. The lowest BCUT2D eigenvalue weighted by molar-refractivity contribution is 0.120. The molecule has 1 atom stereocenters. The first-order valence-corrected chi connectivity index (χ1v) is 7.53. The van der Waals surface area contributed by atoms with E-state index in [9.17, 15) is 0 Å². The van der Waals surface area contributed by atoms with E-state index in [0.717, 1.165) is 30.4 Å². The largest absolute Gasteiger partial charge is 0.376 e. The maximum Gasteiger partial charge on any atom is 0.183 e. The van der Waals surface area contributed by atoms with Crippen molar-refractivity contribution >= 4 is 16.5 Å². The van der Waals surface area contributed by atoms with Crippen LogP contribution >= 0.6 is 11.3 Å². The first-order chi connectivity index (χ1) is 9.33. The molecule has 0 radical (unpaired) electrons. The van der Waals surface area contributed by atoms with E-state index in [4.69, 9.17) is 4.74 Å².